The zero-order chi connectivity index (χ0) is 15.2. The highest BCUT2D eigenvalue weighted by molar-refractivity contribution is 5.71. The van der Waals surface area contributed by atoms with E-state index in [-0.39, 0.29) is 0 Å². The first-order valence-electron chi connectivity index (χ1n) is 7.42. The minimum Gasteiger partial charge on any atom is -0.472 e. The van der Waals surface area contributed by atoms with Crippen LogP contribution in [0.4, 0.5) is 0 Å². The van der Waals surface area contributed by atoms with Gasteiger partial charge in [0.05, 0.1) is 18.1 Å². The van der Waals surface area contributed by atoms with Crippen LogP contribution in [0.15, 0.2) is 54.9 Å². The summed E-state index contributed by atoms with van der Waals surface area (Å²) in [4.78, 5) is 8.86. The summed E-state index contributed by atoms with van der Waals surface area (Å²) in [5.41, 5.74) is 2.40. The number of para-hydroxylation sites is 1. The molecule has 0 radical (unpaired) electrons. The molecule has 112 valence electrons. The number of allylic oxidation sites excluding steroid dienone is 1. The molecule has 5 nitrogen and oxygen atoms in total. The van der Waals surface area contributed by atoms with E-state index in [2.05, 4.69) is 28.1 Å². The summed E-state index contributed by atoms with van der Waals surface area (Å²) >= 11 is 0. The van der Waals surface area contributed by atoms with Crippen LogP contribution in [0.25, 0.3) is 16.9 Å². The lowest BCUT2D eigenvalue weighted by molar-refractivity contribution is 0.348. The van der Waals surface area contributed by atoms with Crippen LogP contribution in [-0.4, -0.2) is 26.4 Å². The number of nitrogens with zero attached hydrogens (tertiary/aromatic N) is 4. The molecule has 0 aliphatic heterocycles. The van der Waals surface area contributed by atoms with Gasteiger partial charge in [0.2, 0.25) is 5.88 Å². The first kappa shape index (κ1) is 14.3. The Morgan fingerprint density at radius 3 is 2.82 bits per heavy atom. The third-order valence-corrected chi connectivity index (χ3v) is 3.20. The second-order valence-electron chi connectivity index (χ2n) is 4.88. The van der Waals surface area contributed by atoms with E-state index in [1.807, 2.05) is 36.4 Å². The summed E-state index contributed by atoms with van der Waals surface area (Å²) in [7, 11) is 0. The van der Waals surface area contributed by atoms with Crippen LogP contribution in [0.2, 0.25) is 0 Å². The molecule has 2 aromatic heterocycles. The van der Waals surface area contributed by atoms with E-state index in [0.29, 0.717) is 12.5 Å². The molecule has 0 aliphatic carbocycles. The second-order valence-corrected chi connectivity index (χ2v) is 4.88. The lowest BCUT2D eigenvalue weighted by Gasteiger charge is -2.03. The smallest absolute Gasteiger partial charge is 0.233 e. The van der Waals surface area contributed by atoms with Crippen LogP contribution in [-0.2, 0) is 0 Å². The molecule has 2 heterocycles. The molecule has 22 heavy (non-hydrogen) atoms. The standard InChI is InChI=1S/C17H18N4O/c1-2-3-4-8-11-22-16-13-18-17-15(20-16)12-19-21(17)14-9-6-5-7-10-14/h4-10,12-13H,2-3,11H2,1H3. The average molecular weight is 294 g/mol. The zero-order valence-electron chi connectivity index (χ0n) is 12.5. The van der Waals surface area contributed by atoms with Crippen molar-refractivity contribution in [1.29, 1.82) is 0 Å². The van der Waals surface area contributed by atoms with Gasteiger partial charge in [0.25, 0.3) is 0 Å². The van der Waals surface area contributed by atoms with Crippen molar-refractivity contribution in [2.75, 3.05) is 6.61 Å². The third kappa shape index (κ3) is 3.14. The Morgan fingerprint density at radius 1 is 1.14 bits per heavy atom. The van der Waals surface area contributed by atoms with Gasteiger partial charge in [-0.2, -0.15) is 5.10 Å². The summed E-state index contributed by atoms with van der Waals surface area (Å²) < 4.78 is 7.35. The minimum absolute atomic E-state index is 0.507. The van der Waals surface area contributed by atoms with E-state index in [1.165, 1.54) is 0 Å². The second kappa shape index (κ2) is 6.85. The van der Waals surface area contributed by atoms with Gasteiger partial charge >= 0.3 is 0 Å². The van der Waals surface area contributed by atoms with Gasteiger partial charge < -0.3 is 4.74 Å². The van der Waals surface area contributed by atoms with Gasteiger partial charge in [-0.1, -0.05) is 43.7 Å². The Labute approximate surface area is 129 Å². The van der Waals surface area contributed by atoms with Gasteiger partial charge in [-0.15, -0.1) is 0 Å². The first-order valence-corrected chi connectivity index (χ1v) is 7.42. The number of unbranched alkanes of at least 4 members (excludes halogenated alkanes) is 1. The molecule has 1 aromatic carbocycles. The van der Waals surface area contributed by atoms with E-state index in [1.54, 1.807) is 17.1 Å². The molecule has 0 amide bonds. The van der Waals surface area contributed by atoms with Crippen molar-refractivity contribution in [2.45, 2.75) is 19.8 Å². The molecule has 0 N–H and O–H groups in total. The molecule has 0 bridgehead atoms. The van der Waals surface area contributed by atoms with Gasteiger partial charge in [-0.05, 0) is 18.6 Å². The van der Waals surface area contributed by atoms with Crippen LogP contribution in [0.3, 0.4) is 0 Å². The fraction of sp³-hybridized carbons (Fsp3) is 0.235. The van der Waals surface area contributed by atoms with Gasteiger partial charge in [0, 0.05) is 0 Å². The third-order valence-electron chi connectivity index (χ3n) is 3.20. The molecule has 0 unspecified atom stereocenters. The maximum atomic E-state index is 5.58. The summed E-state index contributed by atoms with van der Waals surface area (Å²) in [6.45, 7) is 2.65. The van der Waals surface area contributed by atoms with Crippen molar-refractivity contribution in [3.05, 3.63) is 54.9 Å². The number of aromatic nitrogens is 4. The Kier molecular flexibility index (Phi) is 4.44. The monoisotopic (exact) mass is 294 g/mol. The minimum atomic E-state index is 0.507. The molecule has 0 spiro atoms. The SMILES string of the molecule is CCCC=CCOc1cnc2c(cnn2-c2ccccc2)n1. The van der Waals surface area contributed by atoms with E-state index in [0.717, 1.165) is 29.7 Å². The average Bonchev–Trinajstić information content (AvgIpc) is 2.99. The van der Waals surface area contributed by atoms with Crippen molar-refractivity contribution in [3.8, 4) is 11.6 Å². The van der Waals surface area contributed by atoms with Crippen LogP contribution < -0.4 is 4.74 Å². The van der Waals surface area contributed by atoms with Gasteiger partial charge in [-0.25, -0.2) is 14.6 Å². The van der Waals surface area contributed by atoms with Crippen LogP contribution in [0.1, 0.15) is 19.8 Å². The Morgan fingerprint density at radius 2 is 2.00 bits per heavy atom. The lowest BCUT2D eigenvalue weighted by atomic mass is 10.3. The Bertz CT molecular complexity index is 765. The number of hydrogen-bond donors (Lipinski definition) is 0. The largest absolute Gasteiger partial charge is 0.472 e. The number of rotatable bonds is 6. The fourth-order valence-electron chi connectivity index (χ4n) is 2.11. The number of fused-ring (bicyclic) bond motifs is 1. The topological polar surface area (TPSA) is 52.8 Å². The summed E-state index contributed by atoms with van der Waals surface area (Å²) in [6.07, 6.45) is 9.66. The first-order chi connectivity index (χ1) is 10.9. The van der Waals surface area contributed by atoms with Gasteiger partial charge in [-0.3, -0.25) is 0 Å². The van der Waals surface area contributed by atoms with E-state index >= 15 is 0 Å². The summed E-state index contributed by atoms with van der Waals surface area (Å²) in [6, 6.07) is 9.87. The van der Waals surface area contributed by atoms with E-state index < -0.39 is 0 Å². The van der Waals surface area contributed by atoms with Crippen molar-refractivity contribution in [2.24, 2.45) is 0 Å². The molecule has 0 aliphatic rings. The molecular formula is C17H18N4O. The molecule has 5 heteroatoms. The summed E-state index contributed by atoms with van der Waals surface area (Å²) in [5.74, 6) is 0.515. The number of ether oxygens (including phenoxy) is 1. The van der Waals surface area contributed by atoms with Crippen molar-refractivity contribution in [3.63, 3.8) is 0 Å². The fourth-order valence-corrected chi connectivity index (χ4v) is 2.11. The van der Waals surface area contributed by atoms with Crippen molar-refractivity contribution >= 4 is 11.2 Å². The van der Waals surface area contributed by atoms with Gasteiger partial charge in [0.15, 0.2) is 5.65 Å². The van der Waals surface area contributed by atoms with Gasteiger partial charge in [0.1, 0.15) is 12.1 Å². The quantitative estimate of drug-likeness (QED) is 0.652. The lowest BCUT2D eigenvalue weighted by Crippen LogP contribution is -1.99. The molecule has 3 rings (SSSR count). The van der Waals surface area contributed by atoms with Crippen molar-refractivity contribution in [1.82, 2.24) is 19.7 Å². The predicted octanol–water partition coefficient (Wildman–Crippen LogP) is 3.55. The summed E-state index contributed by atoms with van der Waals surface area (Å²) in [5, 5.41) is 4.35. The molecule has 3 aromatic rings. The normalized spacial score (nSPS) is 11.3. The Hall–Kier alpha value is -2.69. The molecular weight excluding hydrogens is 276 g/mol. The van der Waals surface area contributed by atoms with Crippen LogP contribution >= 0.6 is 0 Å². The molecule has 0 saturated heterocycles. The van der Waals surface area contributed by atoms with E-state index in [9.17, 15) is 0 Å². The van der Waals surface area contributed by atoms with Crippen LogP contribution in [0, 0.1) is 0 Å². The molecule has 0 saturated carbocycles. The maximum Gasteiger partial charge on any atom is 0.233 e. The van der Waals surface area contributed by atoms with Crippen LogP contribution in [0.5, 0.6) is 5.88 Å². The zero-order valence-corrected chi connectivity index (χ0v) is 12.5. The number of benzene rings is 1. The number of hydrogen-bond acceptors (Lipinski definition) is 4. The van der Waals surface area contributed by atoms with Crippen molar-refractivity contribution < 1.29 is 4.74 Å². The highest BCUT2D eigenvalue weighted by Crippen LogP contribution is 2.17. The van der Waals surface area contributed by atoms with E-state index in [4.69, 9.17) is 4.74 Å². The highest BCUT2D eigenvalue weighted by Gasteiger charge is 2.08. The maximum absolute atomic E-state index is 5.58. The molecule has 0 fully saturated rings. The highest BCUT2D eigenvalue weighted by atomic mass is 16.5. The molecule has 0 atom stereocenters. The predicted molar refractivity (Wildman–Crippen MR) is 86.2 cm³/mol. The Balaban J connectivity index is 1.78.